The highest BCUT2D eigenvalue weighted by molar-refractivity contribution is 5.27. The first-order valence-corrected chi connectivity index (χ1v) is 6.21. The van der Waals surface area contributed by atoms with Gasteiger partial charge in [-0.05, 0) is 44.0 Å². The molecule has 3 heteroatoms. The number of hydrogen-bond acceptors (Lipinski definition) is 3. The summed E-state index contributed by atoms with van der Waals surface area (Å²) in [6.45, 7) is 4.14. The SMILES string of the molecule is CNC(Cc1ccccc1C)c1ncc(C)cn1. The molecule has 0 amide bonds. The van der Waals surface area contributed by atoms with Gasteiger partial charge in [-0.25, -0.2) is 9.97 Å². The smallest absolute Gasteiger partial charge is 0.145 e. The van der Waals surface area contributed by atoms with E-state index in [9.17, 15) is 0 Å². The number of rotatable bonds is 4. The van der Waals surface area contributed by atoms with E-state index in [1.807, 2.05) is 26.4 Å². The van der Waals surface area contributed by atoms with Crippen LogP contribution in [0.3, 0.4) is 0 Å². The summed E-state index contributed by atoms with van der Waals surface area (Å²) in [4.78, 5) is 8.80. The molecule has 3 nitrogen and oxygen atoms in total. The molecule has 0 aliphatic carbocycles. The van der Waals surface area contributed by atoms with Crippen molar-refractivity contribution in [2.75, 3.05) is 7.05 Å². The molecule has 0 fully saturated rings. The lowest BCUT2D eigenvalue weighted by Gasteiger charge is -2.16. The van der Waals surface area contributed by atoms with Crippen LogP contribution in [0.25, 0.3) is 0 Å². The summed E-state index contributed by atoms with van der Waals surface area (Å²) in [5.74, 6) is 0.853. The largest absolute Gasteiger partial charge is 0.310 e. The quantitative estimate of drug-likeness (QED) is 0.894. The van der Waals surface area contributed by atoms with Gasteiger partial charge in [-0.15, -0.1) is 0 Å². The van der Waals surface area contributed by atoms with Crippen LogP contribution in [-0.4, -0.2) is 17.0 Å². The van der Waals surface area contributed by atoms with E-state index in [-0.39, 0.29) is 6.04 Å². The molecule has 0 spiro atoms. The molecule has 1 N–H and O–H groups in total. The minimum absolute atomic E-state index is 0.159. The number of aryl methyl sites for hydroxylation is 2. The Hall–Kier alpha value is -1.74. The van der Waals surface area contributed by atoms with Crippen LogP contribution in [0.1, 0.15) is 28.6 Å². The predicted molar refractivity (Wildman–Crippen MR) is 73.5 cm³/mol. The molecule has 2 rings (SSSR count). The van der Waals surface area contributed by atoms with E-state index in [4.69, 9.17) is 0 Å². The maximum atomic E-state index is 4.40. The Labute approximate surface area is 108 Å². The average molecular weight is 241 g/mol. The van der Waals surface area contributed by atoms with Crippen LogP contribution in [0.5, 0.6) is 0 Å². The minimum atomic E-state index is 0.159. The lowest BCUT2D eigenvalue weighted by atomic mass is 10.0. The second-order valence-corrected chi connectivity index (χ2v) is 4.59. The molecule has 0 aliphatic rings. The van der Waals surface area contributed by atoms with Gasteiger partial charge >= 0.3 is 0 Å². The Morgan fingerprint density at radius 2 is 1.78 bits per heavy atom. The van der Waals surface area contributed by atoms with Gasteiger partial charge in [0.1, 0.15) is 5.82 Å². The molecule has 94 valence electrons. The van der Waals surface area contributed by atoms with E-state index < -0.39 is 0 Å². The van der Waals surface area contributed by atoms with Crippen molar-refractivity contribution in [3.05, 3.63) is 59.2 Å². The zero-order valence-corrected chi connectivity index (χ0v) is 11.1. The van der Waals surface area contributed by atoms with Crippen LogP contribution in [0.15, 0.2) is 36.7 Å². The van der Waals surface area contributed by atoms with Crippen molar-refractivity contribution in [1.29, 1.82) is 0 Å². The van der Waals surface area contributed by atoms with E-state index in [1.54, 1.807) is 0 Å². The Kier molecular flexibility index (Phi) is 4.05. The molecular formula is C15H19N3. The highest BCUT2D eigenvalue weighted by Crippen LogP contribution is 2.17. The zero-order chi connectivity index (χ0) is 13.0. The molecule has 2 aromatic rings. The Morgan fingerprint density at radius 3 is 2.39 bits per heavy atom. The van der Waals surface area contributed by atoms with Crippen molar-refractivity contribution in [3.63, 3.8) is 0 Å². The minimum Gasteiger partial charge on any atom is -0.310 e. The van der Waals surface area contributed by atoms with Crippen LogP contribution < -0.4 is 5.32 Å². The van der Waals surface area contributed by atoms with E-state index in [2.05, 4.69) is 46.5 Å². The summed E-state index contributed by atoms with van der Waals surface area (Å²) in [5.41, 5.74) is 3.73. The van der Waals surface area contributed by atoms with Gasteiger partial charge in [0.2, 0.25) is 0 Å². The third-order valence-electron chi connectivity index (χ3n) is 3.15. The fourth-order valence-electron chi connectivity index (χ4n) is 1.96. The Bertz CT molecular complexity index is 505. The summed E-state index contributed by atoms with van der Waals surface area (Å²) in [6, 6.07) is 8.60. The number of benzene rings is 1. The van der Waals surface area contributed by atoms with Gasteiger partial charge in [-0.1, -0.05) is 24.3 Å². The average Bonchev–Trinajstić information content (AvgIpc) is 2.39. The number of nitrogens with one attached hydrogen (secondary N) is 1. The number of hydrogen-bond donors (Lipinski definition) is 1. The van der Waals surface area contributed by atoms with Gasteiger partial charge in [-0.2, -0.15) is 0 Å². The van der Waals surface area contributed by atoms with Gasteiger partial charge in [0, 0.05) is 12.4 Å². The number of aromatic nitrogens is 2. The maximum Gasteiger partial charge on any atom is 0.145 e. The molecule has 0 radical (unpaired) electrons. The highest BCUT2D eigenvalue weighted by atomic mass is 15.0. The normalized spacial score (nSPS) is 12.4. The summed E-state index contributed by atoms with van der Waals surface area (Å²) in [5, 5.41) is 3.29. The second-order valence-electron chi connectivity index (χ2n) is 4.59. The van der Waals surface area contributed by atoms with E-state index in [1.165, 1.54) is 11.1 Å². The monoisotopic (exact) mass is 241 g/mol. The molecule has 0 bridgehead atoms. The molecular weight excluding hydrogens is 222 g/mol. The van der Waals surface area contributed by atoms with Crippen molar-refractivity contribution < 1.29 is 0 Å². The van der Waals surface area contributed by atoms with E-state index >= 15 is 0 Å². The third-order valence-corrected chi connectivity index (χ3v) is 3.15. The predicted octanol–water partition coefficient (Wildman–Crippen LogP) is 2.60. The molecule has 1 atom stereocenters. The van der Waals surface area contributed by atoms with Crippen molar-refractivity contribution in [2.24, 2.45) is 0 Å². The highest BCUT2D eigenvalue weighted by Gasteiger charge is 2.13. The van der Waals surface area contributed by atoms with E-state index in [0.29, 0.717) is 0 Å². The maximum absolute atomic E-state index is 4.40. The fraction of sp³-hybridized carbons (Fsp3) is 0.333. The van der Waals surface area contributed by atoms with Crippen LogP contribution in [0.2, 0.25) is 0 Å². The standard InChI is InChI=1S/C15H19N3/c1-11-9-17-15(18-10-11)14(16-3)8-13-7-5-4-6-12(13)2/h4-7,9-10,14,16H,8H2,1-3H3. The van der Waals surface area contributed by atoms with E-state index in [0.717, 1.165) is 17.8 Å². The molecule has 0 saturated carbocycles. The first-order valence-electron chi connectivity index (χ1n) is 6.21. The topological polar surface area (TPSA) is 37.8 Å². The van der Waals surface area contributed by atoms with Gasteiger partial charge in [0.05, 0.1) is 6.04 Å². The lowest BCUT2D eigenvalue weighted by molar-refractivity contribution is 0.555. The first kappa shape index (κ1) is 12.7. The summed E-state index contributed by atoms with van der Waals surface area (Å²) in [6.07, 6.45) is 4.64. The Balaban J connectivity index is 2.20. The van der Waals surface area contributed by atoms with Crippen LogP contribution in [0, 0.1) is 13.8 Å². The van der Waals surface area contributed by atoms with Gasteiger partial charge in [0.25, 0.3) is 0 Å². The molecule has 18 heavy (non-hydrogen) atoms. The molecule has 1 aromatic carbocycles. The molecule has 1 unspecified atom stereocenters. The molecule has 0 aliphatic heterocycles. The first-order chi connectivity index (χ1) is 8.70. The van der Waals surface area contributed by atoms with Gasteiger partial charge < -0.3 is 5.32 Å². The number of likely N-dealkylation sites (N-methyl/N-ethyl adjacent to an activating group) is 1. The second kappa shape index (κ2) is 5.74. The summed E-state index contributed by atoms with van der Waals surface area (Å²) >= 11 is 0. The lowest BCUT2D eigenvalue weighted by Crippen LogP contribution is -2.21. The van der Waals surface area contributed by atoms with Gasteiger partial charge in [0.15, 0.2) is 0 Å². The summed E-state index contributed by atoms with van der Waals surface area (Å²) < 4.78 is 0. The van der Waals surface area contributed by atoms with Crippen LogP contribution >= 0.6 is 0 Å². The van der Waals surface area contributed by atoms with Crippen molar-refractivity contribution >= 4 is 0 Å². The third kappa shape index (κ3) is 2.93. The van der Waals surface area contributed by atoms with Crippen molar-refractivity contribution in [1.82, 2.24) is 15.3 Å². The summed E-state index contributed by atoms with van der Waals surface area (Å²) in [7, 11) is 1.95. The van der Waals surface area contributed by atoms with Crippen LogP contribution in [-0.2, 0) is 6.42 Å². The zero-order valence-electron chi connectivity index (χ0n) is 11.1. The molecule has 1 heterocycles. The van der Waals surface area contributed by atoms with Crippen molar-refractivity contribution in [3.8, 4) is 0 Å². The van der Waals surface area contributed by atoms with Crippen molar-refractivity contribution in [2.45, 2.75) is 26.3 Å². The Morgan fingerprint density at radius 1 is 1.11 bits per heavy atom. The fourth-order valence-corrected chi connectivity index (χ4v) is 1.96. The van der Waals surface area contributed by atoms with Crippen LogP contribution in [0.4, 0.5) is 0 Å². The number of nitrogens with zero attached hydrogens (tertiary/aromatic N) is 2. The molecule has 1 aromatic heterocycles. The van der Waals surface area contributed by atoms with Gasteiger partial charge in [-0.3, -0.25) is 0 Å². The molecule has 0 saturated heterocycles.